The summed E-state index contributed by atoms with van der Waals surface area (Å²) in [6, 6.07) is 17.2. The molecule has 25 heavy (non-hydrogen) atoms. The number of nitrogens with one attached hydrogen (secondary N) is 1. The van der Waals surface area contributed by atoms with Crippen molar-refractivity contribution in [2.24, 2.45) is 0 Å². The van der Waals surface area contributed by atoms with Crippen LogP contribution < -0.4 is 14.8 Å². The maximum atomic E-state index is 12.0. The number of rotatable bonds is 7. The van der Waals surface area contributed by atoms with Crippen LogP contribution in [0, 0.1) is 0 Å². The lowest BCUT2D eigenvalue weighted by molar-refractivity contribution is -0.120. The number of ether oxygens (including phenoxy) is 2. The molecular weight excluding hydrogens is 316 g/mol. The van der Waals surface area contributed by atoms with Gasteiger partial charge in [0.25, 0.3) is 0 Å². The smallest absolute Gasteiger partial charge is 0.224 e. The van der Waals surface area contributed by atoms with Crippen molar-refractivity contribution in [1.82, 2.24) is 10.3 Å². The van der Waals surface area contributed by atoms with Crippen LogP contribution in [0.4, 0.5) is 0 Å². The number of carbonyl (C=O) groups excluding carboxylic acids is 1. The van der Waals surface area contributed by atoms with Gasteiger partial charge in [0, 0.05) is 11.6 Å². The minimum Gasteiger partial charge on any atom is -0.497 e. The van der Waals surface area contributed by atoms with Crippen LogP contribution in [0.15, 0.2) is 60.8 Å². The molecule has 1 amide bonds. The lowest BCUT2D eigenvalue weighted by Crippen LogP contribution is -2.29. The molecule has 0 saturated carbocycles. The van der Waals surface area contributed by atoms with Crippen LogP contribution in [0.3, 0.4) is 0 Å². The van der Waals surface area contributed by atoms with Crippen LogP contribution >= 0.6 is 0 Å². The third kappa shape index (κ3) is 4.47. The molecule has 0 radical (unpaired) electrons. The van der Waals surface area contributed by atoms with Crippen molar-refractivity contribution < 1.29 is 14.3 Å². The van der Waals surface area contributed by atoms with Crippen LogP contribution in [-0.4, -0.2) is 31.2 Å². The number of hydrogen-bond acceptors (Lipinski definition) is 4. The van der Waals surface area contributed by atoms with Gasteiger partial charge in [0.2, 0.25) is 5.91 Å². The van der Waals surface area contributed by atoms with Gasteiger partial charge >= 0.3 is 0 Å². The Labute approximate surface area is 146 Å². The Balaban J connectivity index is 1.46. The first-order valence-corrected chi connectivity index (χ1v) is 8.12. The van der Waals surface area contributed by atoms with Crippen molar-refractivity contribution in [2.75, 3.05) is 20.3 Å². The Kier molecular flexibility index (Phi) is 5.46. The van der Waals surface area contributed by atoms with Gasteiger partial charge in [-0.25, -0.2) is 0 Å². The largest absolute Gasteiger partial charge is 0.497 e. The van der Waals surface area contributed by atoms with Crippen molar-refractivity contribution in [3.8, 4) is 11.5 Å². The minimum atomic E-state index is -0.0372. The van der Waals surface area contributed by atoms with Crippen LogP contribution in [0.2, 0.25) is 0 Å². The first-order chi connectivity index (χ1) is 12.3. The number of carbonyl (C=O) groups is 1. The molecule has 0 aliphatic carbocycles. The average Bonchev–Trinajstić information content (AvgIpc) is 2.66. The van der Waals surface area contributed by atoms with Gasteiger partial charge in [-0.2, -0.15) is 0 Å². The fraction of sp³-hybridized carbons (Fsp3) is 0.200. The molecule has 0 spiro atoms. The molecule has 1 heterocycles. The molecule has 1 N–H and O–H groups in total. The highest BCUT2D eigenvalue weighted by molar-refractivity contribution is 5.84. The van der Waals surface area contributed by atoms with Crippen molar-refractivity contribution in [1.29, 1.82) is 0 Å². The highest BCUT2D eigenvalue weighted by Gasteiger charge is 2.05. The van der Waals surface area contributed by atoms with Crippen molar-refractivity contribution in [3.63, 3.8) is 0 Å². The van der Waals surface area contributed by atoms with Crippen LogP contribution in [0.25, 0.3) is 10.9 Å². The summed E-state index contributed by atoms with van der Waals surface area (Å²) >= 11 is 0. The summed E-state index contributed by atoms with van der Waals surface area (Å²) in [4.78, 5) is 16.3. The van der Waals surface area contributed by atoms with Gasteiger partial charge in [-0.15, -0.1) is 0 Å². The molecule has 5 nitrogen and oxygen atoms in total. The van der Waals surface area contributed by atoms with Gasteiger partial charge < -0.3 is 14.8 Å². The van der Waals surface area contributed by atoms with E-state index in [1.165, 1.54) is 0 Å². The second-order valence-corrected chi connectivity index (χ2v) is 5.55. The summed E-state index contributed by atoms with van der Waals surface area (Å²) in [5.74, 6) is 1.47. The summed E-state index contributed by atoms with van der Waals surface area (Å²) in [6.07, 6.45) is 2.08. The summed E-state index contributed by atoms with van der Waals surface area (Å²) < 4.78 is 10.9. The third-order valence-electron chi connectivity index (χ3n) is 3.80. The van der Waals surface area contributed by atoms with Crippen molar-refractivity contribution in [3.05, 3.63) is 66.4 Å². The number of pyridine rings is 1. The molecule has 0 bridgehead atoms. The Morgan fingerprint density at radius 2 is 1.88 bits per heavy atom. The van der Waals surface area contributed by atoms with Gasteiger partial charge in [-0.05, 0) is 29.8 Å². The summed E-state index contributed by atoms with van der Waals surface area (Å²) in [5, 5.41) is 3.89. The van der Waals surface area contributed by atoms with Gasteiger partial charge in [0.05, 0.1) is 20.1 Å². The highest BCUT2D eigenvalue weighted by atomic mass is 16.5. The molecule has 0 aliphatic heterocycles. The fourth-order valence-corrected chi connectivity index (χ4v) is 2.54. The SMILES string of the molecule is COc1ccc(CC(=O)NCCOc2cccc3cccnc23)cc1. The number of amides is 1. The quantitative estimate of drug-likeness (QED) is 0.674. The third-order valence-corrected chi connectivity index (χ3v) is 3.80. The van der Waals surface area contributed by atoms with Crippen molar-refractivity contribution >= 4 is 16.8 Å². The molecule has 0 unspecified atom stereocenters. The zero-order valence-corrected chi connectivity index (χ0v) is 14.1. The maximum absolute atomic E-state index is 12.0. The molecular formula is C20H20N2O3. The van der Waals surface area contributed by atoms with E-state index in [2.05, 4.69) is 10.3 Å². The Bertz CT molecular complexity index is 842. The van der Waals surface area contributed by atoms with Crippen LogP contribution in [-0.2, 0) is 11.2 Å². The average molecular weight is 336 g/mol. The van der Waals surface area contributed by atoms with E-state index in [0.717, 1.165) is 28.0 Å². The molecule has 2 aromatic carbocycles. The zero-order valence-electron chi connectivity index (χ0n) is 14.1. The fourth-order valence-electron chi connectivity index (χ4n) is 2.54. The maximum Gasteiger partial charge on any atom is 0.224 e. The van der Waals surface area contributed by atoms with Gasteiger partial charge in [-0.3, -0.25) is 9.78 Å². The van der Waals surface area contributed by atoms with Crippen LogP contribution in [0.5, 0.6) is 11.5 Å². The highest BCUT2D eigenvalue weighted by Crippen LogP contribution is 2.22. The monoisotopic (exact) mass is 336 g/mol. The molecule has 0 saturated heterocycles. The zero-order chi connectivity index (χ0) is 17.5. The number of nitrogens with zero attached hydrogens (tertiary/aromatic N) is 1. The molecule has 3 rings (SSSR count). The predicted molar refractivity (Wildman–Crippen MR) is 96.9 cm³/mol. The molecule has 0 fully saturated rings. The van der Waals surface area contributed by atoms with E-state index in [-0.39, 0.29) is 5.91 Å². The number of aromatic nitrogens is 1. The van der Waals surface area contributed by atoms with Gasteiger partial charge in [0.1, 0.15) is 23.6 Å². The van der Waals surface area contributed by atoms with E-state index in [1.54, 1.807) is 13.3 Å². The molecule has 128 valence electrons. The first-order valence-electron chi connectivity index (χ1n) is 8.12. The number of benzene rings is 2. The van der Waals surface area contributed by atoms with Crippen LogP contribution in [0.1, 0.15) is 5.56 Å². The summed E-state index contributed by atoms with van der Waals surface area (Å²) in [5.41, 5.74) is 1.77. The predicted octanol–water partition coefficient (Wildman–Crippen LogP) is 2.98. The summed E-state index contributed by atoms with van der Waals surface area (Å²) in [7, 11) is 1.62. The number of hydrogen-bond donors (Lipinski definition) is 1. The van der Waals surface area contributed by atoms with E-state index < -0.39 is 0 Å². The Morgan fingerprint density at radius 3 is 2.68 bits per heavy atom. The Morgan fingerprint density at radius 1 is 1.08 bits per heavy atom. The Hall–Kier alpha value is -3.08. The van der Waals surface area contributed by atoms with Gasteiger partial charge in [-0.1, -0.05) is 30.3 Å². The van der Waals surface area contributed by atoms with Crippen molar-refractivity contribution in [2.45, 2.75) is 6.42 Å². The van der Waals surface area contributed by atoms with E-state index in [0.29, 0.717) is 19.6 Å². The van der Waals surface area contributed by atoms with Gasteiger partial charge in [0.15, 0.2) is 0 Å². The van der Waals surface area contributed by atoms with E-state index >= 15 is 0 Å². The van der Waals surface area contributed by atoms with E-state index in [4.69, 9.17) is 9.47 Å². The first kappa shape index (κ1) is 16.8. The number of para-hydroxylation sites is 1. The summed E-state index contributed by atoms with van der Waals surface area (Å²) in [6.45, 7) is 0.836. The normalized spacial score (nSPS) is 10.4. The second-order valence-electron chi connectivity index (χ2n) is 5.55. The molecule has 0 atom stereocenters. The van der Waals surface area contributed by atoms with E-state index in [9.17, 15) is 4.79 Å². The molecule has 3 aromatic rings. The standard InChI is InChI=1S/C20H20N2O3/c1-24-17-9-7-15(8-10-17)14-19(23)21-12-13-25-18-6-2-4-16-5-3-11-22-20(16)18/h2-11H,12-14H2,1H3,(H,21,23). The molecule has 5 heteroatoms. The number of fused-ring (bicyclic) bond motifs is 1. The lowest BCUT2D eigenvalue weighted by atomic mass is 10.1. The van der Waals surface area contributed by atoms with E-state index in [1.807, 2.05) is 54.6 Å². The second kappa shape index (κ2) is 8.15. The number of methoxy groups -OCH3 is 1. The molecule has 0 aliphatic rings. The molecule has 1 aromatic heterocycles. The minimum absolute atomic E-state index is 0.0372. The topological polar surface area (TPSA) is 60.5 Å². The lowest BCUT2D eigenvalue weighted by Gasteiger charge is -2.10.